The minimum atomic E-state index is 0.186. The number of hydrazine groups is 1. The lowest BCUT2D eigenvalue weighted by molar-refractivity contribution is 0.124. The van der Waals surface area contributed by atoms with E-state index >= 15 is 0 Å². The molecule has 1 heterocycles. The third kappa shape index (κ3) is 4.03. The molecule has 1 atom stereocenters. The number of nitrogens with zero attached hydrogens (tertiary/aromatic N) is 2. The van der Waals surface area contributed by atoms with Gasteiger partial charge < -0.3 is 4.74 Å². The van der Waals surface area contributed by atoms with Crippen molar-refractivity contribution >= 4 is 10.9 Å². The van der Waals surface area contributed by atoms with Gasteiger partial charge in [0.15, 0.2) is 0 Å². The standard InChI is InChI=1S/C16H26N4O/c1-3-10-21-11-9-13(18-17)12-15-14-7-5-6-8-16(14)20(4-2)19-15/h5-8,13,18H,3-4,9-12,17H2,1-2H3. The number of hydrogen-bond acceptors (Lipinski definition) is 4. The molecule has 5 heteroatoms. The van der Waals surface area contributed by atoms with E-state index in [1.807, 2.05) is 4.68 Å². The molecule has 0 radical (unpaired) electrons. The molecule has 0 bridgehead atoms. The van der Waals surface area contributed by atoms with Crippen molar-refractivity contribution < 1.29 is 4.74 Å². The summed E-state index contributed by atoms with van der Waals surface area (Å²) in [4.78, 5) is 0. The van der Waals surface area contributed by atoms with Crippen molar-refractivity contribution in [1.82, 2.24) is 15.2 Å². The Morgan fingerprint density at radius 1 is 1.29 bits per heavy atom. The maximum atomic E-state index is 5.68. The molecule has 0 spiro atoms. The Labute approximate surface area is 126 Å². The first kappa shape index (κ1) is 15.9. The van der Waals surface area contributed by atoms with Gasteiger partial charge in [0.1, 0.15) is 0 Å². The molecule has 2 rings (SSSR count). The first-order valence-electron chi connectivity index (χ1n) is 7.78. The summed E-state index contributed by atoms with van der Waals surface area (Å²) >= 11 is 0. The smallest absolute Gasteiger partial charge is 0.0719 e. The van der Waals surface area contributed by atoms with Gasteiger partial charge in [-0.15, -0.1) is 0 Å². The second-order valence-corrected chi connectivity index (χ2v) is 5.25. The van der Waals surface area contributed by atoms with E-state index in [1.54, 1.807) is 0 Å². The Hall–Kier alpha value is -1.43. The van der Waals surface area contributed by atoms with Crippen LogP contribution in [-0.4, -0.2) is 29.0 Å². The predicted octanol–water partition coefficient (Wildman–Crippen LogP) is 2.25. The molecule has 5 nitrogen and oxygen atoms in total. The third-order valence-corrected chi connectivity index (χ3v) is 3.67. The molecule has 0 amide bonds. The van der Waals surface area contributed by atoms with E-state index in [9.17, 15) is 0 Å². The Morgan fingerprint density at radius 2 is 2.10 bits per heavy atom. The largest absolute Gasteiger partial charge is 0.381 e. The van der Waals surface area contributed by atoms with Crippen LogP contribution in [0.2, 0.25) is 0 Å². The fourth-order valence-corrected chi connectivity index (χ4v) is 2.54. The van der Waals surface area contributed by atoms with E-state index in [2.05, 4.69) is 43.5 Å². The monoisotopic (exact) mass is 290 g/mol. The van der Waals surface area contributed by atoms with Gasteiger partial charge in [-0.25, -0.2) is 0 Å². The van der Waals surface area contributed by atoms with Crippen LogP contribution in [0.3, 0.4) is 0 Å². The molecule has 3 N–H and O–H groups in total. The van der Waals surface area contributed by atoms with Crippen molar-refractivity contribution in [2.75, 3.05) is 13.2 Å². The van der Waals surface area contributed by atoms with Crippen LogP contribution in [0, 0.1) is 0 Å². The number of aromatic nitrogens is 2. The summed E-state index contributed by atoms with van der Waals surface area (Å²) in [5.41, 5.74) is 5.18. The van der Waals surface area contributed by atoms with Gasteiger partial charge in [-0.05, 0) is 25.8 Å². The average molecular weight is 290 g/mol. The molecule has 21 heavy (non-hydrogen) atoms. The Kier molecular flexibility index (Phi) is 6.17. The van der Waals surface area contributed by atoms with Crippen LogP contribution in [0.1, 0.15) is 32.4 Å². The molecule has 2 aromatic rings. The van der Waals surface area contributed by atoms with Crippen LogP contribution < -0.4 is 11.3 Å². The van der Waals surface area contributed by atoms with Gasteiger partial charge in [0.2, 0.25) is 0 Å². The van der Waals surface area contributed by atoms with Gasteiger partial charge in [-0.3, -0.25) is 16.0 Å². The maximum Gasteiger partial charge on any atom is 0.0719 e. The number of nitrogens with two attached hydrogens (primary N) is 1. The molecular formula is C16H26N4O. The first-order chi connectivity index (χ1) is 10.3. The van der Waals surface area contributed by atoms with Gasteiger partial charge >= 0.3 is 0 Å². The summed E-state index contributed by atoms with van der Waals surface area (Å²) < 4.78 is 7.59. The molecule has 0 aliphatic heterocycles. The Bertz CT molecular complexity index is 552. The number of hydrogen-bond donors (Lipinski definition) is 2. The number of benzene rings is 1. The molecule has 0 saturated carbocycles. The lowest BCUT2D eigenvalue weighted by Gasteiger charge is -2.14. The molecule has 1 unspecified atom stereocenters. The van der Waals surface area contributed by atoms with Crippen molar-refractivity contribution in [2.45, 2.75) is 45.7 Å². The van der Waals surface area contributed by atoms with Crippen molar-refractivity contribution in [3.05, 3.63) is 30.0 Å². The highest BCUT2D eigenvalue weighted by molar-refractivity contribution is 5.82. The number of rotatable bonds is 9. The fraction of sp³-hybridized carbons (Fsp3) is 0.562. The molecule has 0 fully saturated rings. The highest BCUT2D eigenvalue weighted by atomic mass is 16.5. The van der Waals surface area contributed by atoms with Crippen molar-refractivity contribution in [1.29, 1.82) is 0 Å². The number of fused-ring (bicyclic) bond motifs is 1. The lowest BCUT2D eigenvalue weighted by atomic mass is 10.1. The Morgan fingerprint density at radius 3 is 2.81 bits per heavy atom. The van der Waals surface area contributed by atoms with Gasteiger partial charge in [-0.1, -0.05) is 25.1 Å². The topological polar surface area (TPSA) is 65.1 Å². The van der Waals surface area contributed by atoms with E-state index in [4.69, 9.17) is 15.7 Å². The number of aryl methyl sites for hydroxylation is 1. The zero-order valence-electron chi connectivity index (χ0n) is 13.0. The second-order valence-electron chi connectivity index (χ2n) is 5.25. The van der Waals surface area contributed by atoms with E-state index in [0.29, 0.717) is 0 Å². The van der Waals surface area contributed by atoms with Crippen LogP contribution >= 0.6 is 0 Å². The van der Waals surface area contributed by atoms with Crippen molar-refractivity contribution in [3.8, 4) is 0 Å². The SMILES string of the molecule is CCCOCCC(Cc1nn(CC)c2ccccc12)NN. The molecule has 0 aliphatic rings. The lowest BCUT2D eigenvalue weighted by Crippen LogP contribution is -2.37. The Balaban J connectivity index is 2.07. The summed E-state index contributed by atoms with van der Waals surface area (Å²) in [6.45, 7) is 6.64. The van der Waals surface area contributed by atoms with Crippen LogP contribution in [-0.2, 0) is 17.7 Å². The van der Waals surface area contributed by atoms with Crippen LogP contribution in [0.15, 0.2) is 24.3 Å². The van der Waals surface area contributed by atoms with E-state index in [1.165, 1.54) is 10.9 Å². The normalized spacial score (nSPS) is 12.9. The number of nitrogens with one attached hydrogen (secondary N) is 1. The zero-order valence-corrected chi connectivity index (χ0v) is 13.0. The minimum Gasteiger partial charge on any atom is -0.381 e. The van der Waals surface area contributed by atoms with Gasteiger partial charge in [0.05, 0.1) is 11.2 Å². The molecule has 116 valence electrons. The van der Waals surface area contributed by atoms with E-state index in [-0.39, 0.29) is 6.04 Å². The van der Waals surface area contributed by atoms with Crippen LogP contribution in [0.5, 0.6) is 0 Å². The summed E-state index contributed by atoms with van der Waals surface area (Å²) in [6, 6.07) is 8.54. The van der Waals surface area contributed by atoms with Gasteiger partial charge in [0, 0.05) is 37.6 Å². The predicted molar refractivity (Wildman–Crippen MR) is 85.9 cm³/mol. The van der Waals surface area contributed by atoms with Crippen molar-refractivity contribution in [3.63, 3.8) is 0 Å². The second kappa shape index (κ2) is 8.12. The first-order valence-corrected chi connectivity index (χ1v) is 7.78. The summed E-state index contributed by atoms with van der Waals surface area (Å²) in [5, 5.41) is 5.94. The third-order valence-electron chi connectivity index (χ3n) is 3.67. The minimum absolute atomic E-state index is 0.186. The molecule has 1 aromatic heterocycles. The average Bonchev–Trinajstić information content (AvgIpc) is 2.88. The molecule has 1 aromatic carbocycles. The van der Waals surface area contributed by atoms with Crippen molar-refractivity contribution in [2.24, 2.45) is 5.84 Å². The van der Waals surface area contributed by atoms with Gasteiger partial charge in [-0.2, -0.15) is 5.10 Å². The summed E-state index contributed by atoms with van der Waals surface area (Å²) in [5.74, 6) is 5.68. The quantitative estimate of drug-likeness (QED) is 0.422. The maximum absolute atomic E-state index is 5.68. The number of ether oxygens (including phenoxy) is 1. The molecular weight excluding hydrogens is 264 g/mol. The highest BCUT2D eigenvalue weighted by Crippen LogP contribution is 2.20. The summed E-state index contributed by atoms with van der Waals surface area (Å²) in [6.07, 6.45) is 2.76. The fourth-order valence-electron chi connectivity index (χ4n) is 2.54. The van der Waals surface area contributed by atoms with E-state index < -0.39 is 0 Å². The van der Waals surface area contributed by atoms with E-state index in [0.717, 1.165) is 44.7 Å². The zero-order chi connectivity index (χ0) is 15.1. The van der Waals surface area contributed by atoms with Gasteiger partial charge in [0.25, 0.3) is 0 Å². The number of para-hydroxylation sites is 1. The molecule has 0 saturated heterocycles. The van der Waals surface area contributed by atoms with Crippen LogP contribution in [0.25, 0.3) is 10.9 Å². The summed E-state index contributed by atoms with van der Waals surface area (Å²) in [7, 11) is 0. The molecule has 0 aliphatic carbocycles. The highest BCUT2D eigenvalue weighted by Gasteiger charge is 2.14. The van der Waals surface area contributed by atoms with Crippen LogP contribution in [0.4, 0.5) is 0 Å².